The number of nitrogens with one attached hydrogen (secondary N) is 2. The Labute approximate surface area is 192 Å². The zero-order valence-electron chi connectivity index (χ0n) is 17.4. The fourth-order valence-corrected chi connectivity index (χ4v) is 5.51. The molecule has 0 spiro atoms. The van der Waals surface area contributed by atoms with Crippen molar-refractivity contribution in [3.05, 3.63) is 69.6 Å². The van der Waals surface area contributed by atoms with Gasteiger partial charge in [-0.05, 0) is 37.6 Å². The summed E-state index contributed by atoms with van der Waals surface area (Å²) in [6.45, 7) is 2.56. The lowest BCUT2D eigenvalue weighted by Crippen LogP contribution is -2.27. The first kappa shape index (κ1) is 23.5. The van der Waals surface area contributed by atoms with Crippen LogP contribution in [0.2, 0.25) is 0 Å². The van der Waals surface area contributed by atoms with Crippen LogP contribution < -0.4 is 10.0 Å². The summed E-state index contributed by atoms with van der Waals surface area (Å²) in [6.07, 6.45) is 0.602. The highest BCUT2D eigenvalue weighted by Crippen LogP contribution is 2.30. The lowest BCUT2D eigenvalue weighted by atomic mass is 10.1. The van der Waals surface area contributed by atoms with Crippen molar-refractivity contribution in [2.75, 3.05) is 23.1 Å². The van der Waals surface area contributed by atoms with Crippen LogP contribution in [0.4, 0.5) is 29.1 Å². The number of hydrogen-bond donors (Lipinski definition) is 2. The van der Waals surface area contributed by atoms with Gasteiger partial charge in [0.1, 0.15) is 17.5 Å². The monoisotopic (exact) mass is 500 g/mol. The minimum atomic E-state index is -4.52. The predicted octanol–water partition coefficient (Wildman–Crippen LogP) is 4.50. The molecule has 0 radical (unpaired) electrons. The van der Waals surface area contributed by atoms with Gasteiger partial charge in [0.25, 0.3) is 10.0 Å². The second kappa shape index (κ2) is 9.27. The van der Waals surface area contributed by atoms with E-state index < -0.39 is 38.2 Å². The van der Waals surface area contributed by atoms with Crippen molar-refractivity contribution in [1.82, 2.24) is 9.88 Å². The summed E-state index contributed by atoms with van der Waals surface area (Å²) in [7, 11) is -4.52. The van der Waals surface area contributed by atoms with Crippen LogP contribution in [0.5, 0.6) is 0 Å². The van der Waals surface area contributed by atoms with E-state index in [0.717, 1.165) is 35.6 Å². The molecule has 1 aliphatic rings. The molecule has 1 unspecified atom stereocenters. The van der Waals surface area contributed by atoms with Gasteiger partial charge < -0.3 is 5.32 Å². The first-order valence-corrected chi connectivity index (χ1v) is 12.4. The first-order valence-electron chi connectivity index (χ1n) is 9.96. The Bertz CT molecular complexity index is 1270. The van der Waals surface area contributed by atoms with Gasteiger partial charge in [-0.3, -0.25) is 9.62 Å². The van der Waals surface area contributed by atoms with Crippen LogP contribution in [0.3, 0.4) is 0 Å². The summed E-state index contributed by atoms with van der Waals surface area (Å²) in [6, 6.07) is 4.00. The molecule has 4 rings (SSSR count). The molecule has 2 N–H and O–H groups in total. The standard InChI is InChI=1S/C21H20F4N4O2S2/c1-12-18(7-17(24)21(20(12)25)33(30,31)28-19-10-32-11-26-19)27-15-4-5-29(9-15)8-13-6-14(22)2-3-16(13)23/h2-3,6-7,10-11,15,27-28H,4-5,8-9H2,1H3. The molecule has 0 amide bonds. The smallest absolute Gasteiger partial charge is 0.268 e. The van der Waals surface area contributed by atoms with Crippen molar-refractivity contribution >= 4 is 32.9 Å². The van der Waals surface area contributed by atoms with E-state index in [4.69, 9.17) is 0 Å². The maximum absolute atomic E-state index is 15.0. The van der Waals surface area contributed by atoms with Crippen molar-refractivity contribution in [3.63, 3.8) is 0 Å². The van der Waals surface area contributed by atoms with E-state index in [1.165, 1.54) is 17.8 Å². The SMILES string of the molecule is Cc1c(NC2CCN(Cc3cc(F)ccc3F)C2)cc(F)c(S(=O)(=O)Nc2cscn2)c1F. The number of hydrogen-bond acceptors (Lipinski definition) is 6. The van der Waals surface area contributed by atoms with Crippen molar-refractivity contribution in [3.8, 4) is 0 Å². The van der Waals surface area contributed by atoms with Gasteiger partial charge in [0.05, 0.1) is 5.51 Å². The Morgan fingerprint density at radius 2 is 1.97 bits per heavy atom. The maximum Gasteiger partial charge on any atom is 0.268 e. The third-order valence-corrected chi connectivity index (χ3v) is 7.37. The molecule has 1 fully saturated rings. The van der Waals surface area contributed by atoms with E-state index in [0.29, 0.717) is 19.5 Å². The minimum Gasteiger partial charge on any atom is -0.381 e. The highest BCUT2D eigenvalue weighted by Gasteiger charge is 2.30. The Balaban J connectivity index is 1.48. The Morgan fingerprint density at radius 1 is 1.18 bits per heavy atom. The van der Waals surface area contributed by atoms with E-state index in [-0.39, 0.29) is 35.2 Å². The molecular formula is C21H20F4N4O2S2. The Kier molecular flexibility index (Phi) is 6.59. The van der Waals surface area contributed by atoms with Crippen molar-refractivity contribution < 1.29 is 26.0 Å². The minimum absolute atomic E-state index is 0.0283. The molecule has 0 saturated carbocycles. The number of rotatable bonds is 7. The lowest BCUT2D eigenvalue weighted by Gasteiger charge is -2.20. The van der Waals surface area contributed by atoms with Gasteiger partial charge in [-0.1, -0.05) is 0 Å². The average molecular weight is 501 g/mol. The highest BCUT2D eigenvalue weighted by atomic mass is 32.2. The number of halogens is 4. The number of thiazole rings is 1. The second-order valence-electron chi connectivity index (χ2n) is 7.75. The molecule has 3 aromatic rings. The van der Waals surface area contributed by atoms with E-state index in [9.17, 15) is 26.0 Å². The van der Waals surface area contributed by atoms with Crippen LogP contribution in [-0.4, -0.2) is 37.4 Å². The molecule has 6 nitrogen and oxygen atoms in total. The highest BCUT2D eigenvalue weighted by molar-refractivity contribution is 7.92. The zero-order chi connectivity index (χ0) is 23.8. The molecule has 2 heterocycles. The molecule has 0 aliphatic carbocycles. The molecule has 1 aliphatic heterocycles. The second-order valence-corrected chi connectivity index (χ2v) is 10.1. The maximum atomic E-state index is 15.0. The van der Waals surface area contributed by atoms with Crippen LogP contribution in [0, 0.1) is 30.2 Å². The molecule has 1 saturated heterocycles. The largest absolute Gasteiger partial charge is 0.381 e. The van der Waals surface area contributed by atoms with Gasteiger partial charge in [0.15, 0.2) is 16.5 Å². The summed E-state index contributed by atoms with van der Waals surface area (Å²) in [4.78, 5) is 4.59. The summed E-state index contributed by atoms with van der Waals surface area (Å²) < 4.78 is 84.1. The number of sulfonamides is 1. The molecule has 176 valence electrons. The number of nitrogens with zero attached hydrogens (tertiary/aromatic N) is 2. The van der Waals surface area contributed by atoms with Crippen LogP contribution >= 0.6 is 11.3 Å². The molecule has 2 aromatic carbocycles. The number of likely N-dealkylation sites (tertiary alicyclic amines) is 1. The molecule has 12 heteroatoms. The number of anilines is 2. The topological polar surface area (TPSA) is 74.3 Å². The zero-order valence-corrected chi connectivity index (χ0v) is 19.0. The normalized spacial score (nSPS) is 16.8. The van der Waals surface area contributed by atoms with E-state index in [2.05, 4.69) is 15.0 Å². The van der Waals surface area contributed by atoms with Gasteiger partial charge in [-0.15, -0.1) is 11.3 Å². The van der Waals surface area contributed by atoms with Crippen molar-refractivity contribution in [2.24, 2.45) is 0 Å². The number of aromatic nitrogens is 1. The molecule has 1 atom stereocenters. The average Bonchev–Trinajstić information content (AvgIpc) is 3.40. The van der Waals surface area contributed by atoms with Crippen LogP contribution in [0.1, 0.15) is 17.5 Å². The number of benzene rings is 2. The van der Waals surface area contributed by atoms with Gasteiger partial charge in [-0.2, -0.15) is 0 Å². The molecule has 1 aromatic heterocycles. The first-order chi connectivity index (χ1) is 15.6. The molecular weight excluding hydrogens is 480 g/mol. The fourth-order valence-electron chi connectivity index (χ4n) is 3.76. The van der Waals surface area contributed by atoms with Gasteiger partial charge in [0.2, 0.25) is 0 Å². The van der Waals surface area contributed by atoms with Gasteiger partial charge in [-0.25, -0.2) is 31.0 Å². The third-order valence-electron chi connectivity index (χ3n) is 5.39. The Hall–Kier alpha value is -2.70. The molecule has 33 heavy (non-hydrogen) atoms. The van der Waals surface area contributed by atoms with Gasteiger partial charge in [0, 0.05) is 47.9 Å². The van der Waals surface area contributed by atoms with Crippen molar-refractivity contribution in [1.29, 1.82) is 0 Å². The van der Waals surface area contributed by atoms with E-state index >= 15 is 0 Å². The van der Waals surface area contributed by atoms with E-state index in [1.807, 2.05) is 4.90 Å². The lowest BCUT2D eigenvalue weighted by molar-refractivity contribution is 0.322. The van der Waals surface area contributed by atoms with Crippen LogP contribution in [0.15, 0.2) is 40.1 Å². The fraction of sp³-hybridized carbons (Fsp3) is 0.286. The summed E-state index contributed by atoms with van der Waals surface area (Å²) in [5.74, 6) is -3.49. The summed E-state index contributed by atoms with van der Waals surface area (Å²) in [5.41, 5.74) is 1.69. The predicted molar refractivity (Wildman–Crippen MR) is 118 cm³/mol. The van der Waals surface area contributed by atoms with E-state index in [1.54, 1.807) is 0 Å². The summed E-state index contributed by atoms with van der Waals surface area (Å²) >= 11 is 1.13. The summed E-state index contributed by atoms with van der Waals surface area (Å²) in [5, 5.41) is 4.44. The Morgan fingerprint density at radius 3 is 2.70 bits per heavy atom. The van der Waals surface area contributed by atoms with Crippen LogP contribution in [0.25, 0.3) is 0 Å². The third kappa shape index (κ3) is 5.12. The van der Waals surface area contributed by atoms with Crippen LogP contribution in [-0.2, 0) is 16.6 Å². The quantitative estimate of drug-likeness (QED) is 0.468. The molecule has 0 bridgehead atoms. The van der Waals surface area contributed by atoms with Gasteiger partial charge >= 0.3 is 0 Å². The van der Waals surface area contributed by atoms with Crippen molar-refractivity contribution in [2.45, 2.75) is 30.8 Å².